The molecule has 2 N–H and O–H groups in total. The van der Waals surface area contributed by atoms with Crippen molar-refractivity contribution in [3.8, 4) is 0 Å². The summed E-state index contributed by atoms with van der Waals surface area (Å²) in [5, 5.41) is 6.74. The average Bonchev–Trinajstić information content (AvgIpc) is 2.68. The number of piperidine rings is 1. The Kier molecular flexibility index (Phi) is 7.42. The maximum Gasteiger partial charge on any atom is 0.220 e. The molecule has 2 aliphatic rings. The lowest BCUT2D eigenvalue weighted by molar-refractivity contribution is -0.122. The monoisotopic (exact) mass is 288 g/mol. The van der Waals surface area contributed by atoms with Crippen LogP contribution in [0.2, 0.25) is 0 Å². The number of halogens is 1. The van der Waals surface area contributed by atoms with Gasteiger partial charge in [-0.1, -0.05) is 6.08 Å². The van der Waals surface area contributed by atoms with Crippen molar-refractivity contribution >= 4 is 18.3 Å². The lowest BCUT2D eigenvalue weighted by Crippen LogP contribution is -2.48. The SMILES string of the molecule is C=CCOCCCC(=O)NC1CC2CCC(C1)N2.Cl. The van der Waals surface area contributed by atoms with E-state index in [-0.39, 0.29) is 18.3 Å². The second-order valence-corrected chi connectivity index (χ2v) is 5.34. The van der Waals surface area contributed by atoms with Gasteiger partial charge in [-0.3, -0.25) is 4.79 Å². The topological polar surface area (TPSA) is 50.4 Å². The first-order valence-corrected chi connectivity index (χ1v) is 7.02. The summed E-state index contributed by atoms with van der Waals surface area (Å²) < 4.78 is 5.26. The maximum atomic E-state index is 11.8. The van der Waals surface area contributed by atoms with Crippen LogP contribution >= 0.6 is 12.4 Å². The van der Waals surface area contributed by atoms with Crippen molar-refractivity contribution in [3.05, 3.63) is 12.7 Å². The van der Waals surface area contributed by atoms with Gasteiger partial charge in [0.1, 0.15) is 0 Å². The highest BCUT2D eigenvalue weighted by Crippen LogP contribution is 2.26. The van der Waals surface area contributed by atoms with Crippen molar-refractivity contribution in [2.45, 2.75) is 56.7 Å². The van der Waals surface area contributed by atoms with E-state index in [0.717, 1.165) is 19.3 Å². The minimum atomic E-state index is 0. The Morgan fingerprint density at radius 2 is 2.05 bits per heavy atom. The van der Waals surface area contributed by atoms with Gasteiger partial charge in [-0.05, 0) is 32.1 Å². The summed E-state index contributed by atoms with van der Waals surface area (Å²) in [5.74, 6) is 0.170. The first-order valence-electron chi connectivity index (χ1n) is 7.02. The van der Waals surface area contributed by atoms with E-state index in [0.29, 0.717) is 37.8 Å². The summed E-state index contributed by atoms with van der Waals surface area (Å²) >= 11 is 0. The number of carbonyl (C=O) groups is 1. The maximum absolute atomic E-state index is 11.8. The van der Waals surface area contributed by atoms with Gasteiger partial charge in [0.25, 0.3) is 0 Å². The normalized spacial score (nSPS) is 28.5. The van der Waals surface area contributed by atoms with Crippen LogP contribution in [0, 0.1) is 0 Å². The summed E-state index contributed by atoms with van der Waals surface area (Å²) in [6.07, 6.45) is 7.81. The molecule has 0 saturated carbocycles. The first kappa shape index (κ1) is 16.5. The Bertz CT molecular complexity index is 287. The minimum absolute atomic E-state index is 0. The molecule has 5 heteroatoms. The van der Waals surface area contributed by atoms with Crippen LogP contribution in [-0.4, -0.2) is 37.2 Å². The van der Waals surface area contributed by atoms with Crippen molar-refractivity contribution < 1.29 is 9.53 Å². The Morgan fingerprint density at radius 3 is 2.68 bits per heavy atom. The second kappa shape index (κ2) is 8.56. The Morgan fingerprint density at radius 1 is 1.37 bits per heavy atom. The molecule has 1 amide bonds. The third kappa shape index (κ3) is 5.51. The average molecular weight is 289 g/mol. The van der Waals surface area contributed by atoms with Gasteiger partial charge in [-0.2, -0.15) is 0 Å². The van der Waals surface area contributed by atoms with Crippen LogP contribution in [0.1, 0.15) is 38.5 Å². The van der Waals surface area contributed by atoms with E-state index in [2.05, 4.69) is 17.2 Å². The van der Waals surface area contributed by atoms with Gasteiger partial charge in [0, 0.05) is 31.2 Å². The predicted octanol–water partition coefficient (Wildman–Crippen LogP) is 1.79. The fourth-order valence-corrected chi connectivity index (χ4v) is 2.98. The molecule has 4 nitrogen and oxygen atoms in total. The molecule has 2 atom stereocenters. The van der Waals surface area contributed by atoms with E-state index in [4.69, 9.17) is 4.74 Å². The Balaban J connectivity index is 0.00000180. The van der Waals surface area contributed by atoms with Gasteiger partial charge in [0.15, 0.2) is 0 Å². The molecular weight excluding hydrogens is 264 g/mol. The summed E-state index contributed by atoms with van der Waals surface area (Å²) in [5.41, 5.74) is 0. The molecule has 110 valence electrons. The molecule has 2 rings (SSSR count). The van der Waals surface area contributed by atoms with E-state index < -0.39 is 0 Å². The molecule has 0 spiro atoms. The van der Waals surface area contributed by atoms with Crippen LogP contribution in [0.3, 0.4) is 0 Å². The molecular formula is C14H25ClN2O2. The van der Waals surface area contributed by atoms with E-state index in [1.807, 2.05) is 0 Å². The van der Waals surface area contributed by atoms with E-state index in [1.54, 1.807) is 6.08 Å². The number of nitrogens with one attached hydrogen (secondary N) is 2. The molecule has 2 saturated heterocycles. The molecule has 0 aromatic rings. The number of hydrogen-bond acceptors (Lipinski definition) is 3. The van der Waals surface area contributed by atoms with Gasteiger partial charge in [0.2, 0.25) is 5.91 Å². The molecule has 2 fully saturated rings. The largest absolute Gasteiger partial charge is 0.377 e. The van der Waals surface area contributed by atoms with Crippen molar-refractivity contribution in [2.24, 2.45) is 0 Å². The highest BCUT2D eigenvalue weighted by Gasteiger charge is 2.33. The number of amides is 1. The predicted molar refractivity (Wildman–Crippen MR) is 78.6 cm³/mol. The van der Waals surface area contributed by atoms with Crippen LogP contribution in [0.15, 0.2) is 12.7 Å². The molecule has 2 aliphatic heterocycles. The van der Waals surface area contributed by atoms with Crippen molar-refractivity contribution in [1.29, 1.82) is 0 Å². The molecule has 0 aromatic heterocycles. The van der Waals surface area contributed by atoms with Gasteiger partial charge in [0.05, 0.1) is 6.61 Å². The van der Waals surface area contributed by atoms with Crippen LogP contribution in [0.4, 0.5) is 0 Å². The molecule has 2 bridgehead atoms. The number of fused-ring (bicyclic) bond motifs is 2. The lowest BCUT2D eigenvalue weighted by atomic mass is 9.99. The Labute approximate surface area is 121 Å². The molecule has 0 aliphatic carbocycles. The summed E-state index contributed by atoms with van der Waals surface area (Å²) in [6.45, 7) is 4.79. The van der Waals surface area contributed by atoms with Crippen molar-refractivity contribution in [2.75, 3.05) is 13.2 Å². The van der Waals surface area contributed by atoms with E-state index >= 15 is 0 Å². The molecule has 0 radical (unpaired) electrons. The molecule has 2 heterocycles. The van der Waals surface area contributed by atoms with Crippen LogP contribution in [0.5, 0.6) is 0 Å². The summed E-state index contributed by atoms with van der Waals surface area (Å²) in [6, 6.07) is 1.64. The van der Waals surface area contributed by atoms with Crippen LogP contribution < -0.4 is 10.6 Å². The van der Waals surface area contributed by atoms with Gasteiger partial charge in [-0.15, -0.1) is 19.0 Å². The third-order valence-electron chi connectivity index (χ3n) is 3.77. The summed E-state index contributed by atoms with van der Waals surface area (Å²) in [7, 11) is 0. The lowest BCUT2D eigenvalue weighted by Gasteiger charge is -2.29. The number of rotatable bonds is 7. The fraction of sp³-hybridized carbons (Fsp3) is 0.786. The van der Waals surface area contributed by atoms with Crippen LogP contribution in [0.25, 0.3) is 0 Å². The van der Waals surface area contributed by atoms with Crippen molar-refractivity contribution in [1.82, 2.24) is 10.6 Å². The number of carbonyl (C=O) groups excluding carboxylic acids is 1. The smallest absolute Gasteiger partial charge is 0.220 e. The zero-order valence-corrected chi connectivity index (χ0v) is 12.2. The highest BCUT2D eigenvalue weighted by molar-refractivity contribution is 5.85. The number of ether oxygens (including phenoxy) is 1. The van der Waals surface area contributed by atoms with Gasteiger partial charge < -0.3 is 15.4 Å². The minimum Gasteiger partial charge on any atom is -0.377 e. The first-order chi connectivity index (χ1) is 8.78. The molecule has 2 unspecified atom stereocenters. The van der Waals surface area contributed by atoms with E-state index in [9.17, 15) is 4.79 Å². The quantitative estimate of drug-likeness (QED) is 0.555. The van der Waals surface area contributed by atoms with E-state index in [1.165, 1.54) is 12.8 Å². The summed E-state index contributed by atoms with van der Waals surface area (Å²) in [4.78, 5) is 11.8. The second-order valence-electron chi connectivity index (χ2n) is 5.34. The highest BCUT2D eigenvalue weighted by atomic mass is 35.5. The van der Waals surface area contributed by atoms with Gasteiger partial charge in [-0.25, -0.2) is 0 Å². The zero-order valence-electron chi connectivity index (χ0n) is 11.4. The van der Waals surface area contributed by atoms with Crippen molar-refractivity contribution in [3.63, 3.8) is 0 Å². The standard InChI is InChI=1S/C14H24N2O2.ClH/c1-2-7-18-8-3-4-14(17)16-13-9-11-5-6-12(10-13)15-11;/h2,11-13,15H,1,3-10H2,(H,16,17);1H. The van der Waals surface area contributed by atoms with Crippen LogP contribution in [-0.2, 0) is 9.53 Å². The van der Waals surface area contributed by atoms with Gasteiger partial charge >= 0.3 is 0 Å². The number of hydrogen-bond donors (Lipinski definition) is 2. The molecule has 19 heavy (non-hydrogen) atoms. The third-order valence-corrected chi connectivity index (χ3v) is 3.77. The molecule has 0 aromatic carbocycles. The zero-order chi connectivity index (χ0) is 12.8. The Hall–Kier alpha value is -0.580. The fourth-order valence-electron chi connectivity index (χ4n) is 2.98.